The lowest BCUT2D eigenvalue weighted by Gasteiger charge is -2.31. The van der Waals surface area contributed by atoms with E-state index in [2.05, 4.69) is 37.4 Å². The van der Waals surface area contributed by atoms with Gasteiger partial charge >= 0.3 is 0 Å². The summed E-state index contributed by atoms with van der Waals surface area (Å²) in [5.74, 6) is 0.555. The number of halogens is 1. The molecule has 0 amide bonds. The second-order valence-corrected chi connectivity index (χ2v) is 6.24. The van der Waals surface area contributed by atoms with Crippen LogP contribution in [0, 0.1) is 5.92 Å². The molecule has 0 radical (unpaired) electrons. The van der Waals surface area contributed by atoms with Gasteiger partial charge in [-0.25, -0.2) is 0 Å². The maximum Gasteiger partial charge on any atom is 0.143 e. The van der Waals surface area contributed by atoms with Gasteiger partial charge in [0.1, 0.15) is 5.84 Å². The Morgan fingerprint density at radius 1 is 1.71 bits per heavy atom. The molecule has 4 nitrogen and oxygen atoms in total. The standard InChI is InChI=1S/C11H16BrN3OS/c12-9-4-10(17-7-9)6-15-3-1-2-8(5-15)11(13)14-16/h4,7-8,16H,1-3,5-6H2,(H2,13,14). The normalized spacial score (nSPS) is 22.9. The van der Waals surface area contributed by atoms with Crippen LogP contribution < -0.4 is 5.73 Å². The van der Waals surface area contributed by atoms with Crippen molar-refractivity contribution < 1.29 is 5.21 Å². The fourth-order valence-electron chi connectivity index (χ4n) is 2.18. The van der Waals surface area contributed by atoms with Crippen molar-refractivity contribution in [1.29, 1.82) is 0 Å². The lowest BCUT2D eigenvalue weighted by Crippen LogP contribution is -2.40. The molecule has 3 N–H and O–H groups in total. The van der Waals surface area contributed by atoms with Gasteiger partial charge in [-0.3, -0.25) is 4.90 Å². The molecule has 1 unspecified atom stereocenters. The van der Waals surface area contributed by atoms with Crippen molar-refractivity contribution in [2.75, 3.05) is 13.1 Å². The van der Waals surface area contributed by atoms with Gasteiger partial charge in [-0.05, 0) is 41.4 Å². The number of hydrogen-bond acceptors (Lipinski definition) is 4. The second kappa shape index (κ2) is 5.84. The minimum atomic E-state index is 0.192. The number of hydrogen-bond donors (Lipinski definition) is 2. The SMILES string of the molecule is NC(=NO)C1CCCN(Cc2cc(Br)cs2)C1. The fraction of sp³-hybridized carbons (Fsp3) is 0.545. The Balaban J connectivity index is 1.93. The third kappa shape index (κ3) is 3.43. The van der Waals surface area contributed by atoms with Crippen LogP contribution >= 0.6 is 27.3 Å². The Morgan fingerprint density at radius 3 is 3.18 bits per heavy atom. The highest BCUT2D eigenvalue weighted by molar-refractivity contribution is 9.10. The number of likely N-dealkylation sites (tertiary alicyclic amines) is 1. The van der Waals surface area contributed by atoms with Gasteiger partial charge < -0.3 is 10.9 Å². The molecular formula is C11H16BrN3OS. The second-order valence-electron chi connectivity index (χ2n) is 4.33. The van der Waals surface area contributed by atoms with E-state index in [4.69, 9.17) is 10.9 Å². The van der Waals surface area contributed by atoms with Gasteiger partial charge in [0.2, 0.25) is 0 Å². The summed E-state index contributed by atoms with van der Waals surface area (Å²) >= 11 is 5.22. The third-order valence-corrected chi connectivity index (χ3v) is 4.72. The molecule has 6 heteroatoms. The van der Waals surface area contributed by atoms with Crippen LogP contribution in [-0.4, -0.2) is 29.0 Å². The van der Waals surface area contributed by atoms with E-state index in [1.165, 1.54) is 4.88 Å². The van der Waals surface area contributed by atoms with Crippen LogP contribution in [0.4, 0.5) is 0 Å². The van der Waals surface area contributed by atoms with E-state index in [1.807, 2.05) is 0 Å². The summed E-state index contributed by atoms with van der Waals surface area (Å²) in [5, 5.41) is 13.9. The highest BCUT2D eigenvalue weighted by Crippen LogP contribution is 2.24. The van der Waals surface area contributed by atoms with Crippen LogP contribution in [0.15, 0.2) is 21.1 Å². The first kappa shape index (κ1) is 12.9. The molecule has 1 fully saturated rings. The van der Waals surface area contributed by atoms with Gasteiger partial charge in [-0.2, -0.15) is 0 Å². The smallest absolute Gasteiger partial charge is 0.143 e. The fourth-order valence-corrected chi connectivity index (χ4v) is 3.67. The molecule has 0 saturated carbocycles. The molecule has 0 aromatic carbocycles. The van der Waals surface area contributed by atoms with Crippen molar-refractivity contribution >= 4 is 33.1 Å². The van der Waals surface area contributed by atoms with Crippen molar-refractivity contribution in [3.05, 3.63) is 20.8 Å². The van der Waals surface area contributed by atoms with Gasteiger partial charge in [0.05, 0.1) is 0 Å². The highest BCUT2D eigenvalue weighted by Gasteiger charge is 2.23. The van der Waals surface area contributed by atoms with Crippen LogP contribution in [0.2, 0.25) is 0 Å². The quantitative estimate of drug-likeness (QED) is 0.389. The molecule has 1 aromatic heterocycles. The van der Waals surface area contributed by atoms with Crippen molar-refractivity contribution in [2.45, 2.75) is 19.4 Å². The Hall–Kier alpha value is -0.590. The van der Waals surface area contributed by atoms with Gasteiger partial charge in [-0.15, -0.1) is 11.3 Å². The summed E-state index contributed by atoms with van der Waals surface area (Å²) in [5.41, 5.74) is 5.68. The summed E-state index contributed by atoms with van der Waals surface area (Å²) in [6, 6.07) is 2.15. The van der Waals surface area contributed by atoms with Crippen molar-refractivity contribution in [1.82, 2.24) is 4.90 Å². The van der Waals surface area contributed by atoms with E-state index >= 15 is 0 Å². The molecule has 94 valence electrons. The van der Waals surface area contributed by atoms with Crippen LogP contribution in [0.5, 0.6) is 0 Å². The molecule has 1 aliphatic heterocycles. The zero-order chi connectivity index (χ0) is 12.3. The molecule has 1 atom stereocenters. The van der Waals surface area contributed by atoms with Crippen molar-refractivity contribution in [2.24, 2.45) is 16.8 Å². The number of nitrogens with zero attached hydrogens (tertiary/aromatic N) is 2. The molecule has 1 saturated heterocycles. The van der Waals surface area contributed by atoms with E-state index < -0.39 is 0 Å². The average Bonchev–Trinajstić information content (AvgIpc) is 2.74. The third-order valence-electron chi connectivity index (χ3n) is 3.04. The molecular weight excluding hydrogens is 302 g/mol. The Labute approximate surface area is 113 Å². The molecule has 0 spiro atoms. The van der Waals surface area contributed by atoms with Gasteiger partial charge in [0.25, 0.3) is 0 Å². The molecule has 2 heterocycles. The number of nitrogens with two attached hydrogens (primary N) is 1. The summed E-state index contributed by atoms with van der Waals surface area (Å²) in [6.07, 6.45) is 2.12. The average molecular weight is 318 g/mol. The summed E-state index contributed by atoms with van der Waals surface area (Å²) < 4.78 is 1.14. The largest absolute Gasteiger partial charge is 0.409 e. The molecule has 1 aliphatic rings. The van der Waals surface area contributed by atoms with Crippen LogP contribution in [0.1, 0.15) is 17.7 Å². The Kier molecular flexibility index (Phi) is 4.42. The van der Waals surface area contributed by atoms with Gasteiger partial charge in [0.15, 0.2) is 0 Å². The van der Waals surface area contributed by atoms with E-state index in [9.17, 15) is 0 Å². The monoisotopic (exact) mass is 317 g/mol. The first-order valence-corrected chi connectivity index (χ1v) is 7.29. The minimum absolute atomic E-state index is 0.192. The van der Waals surface area contributed by atoms with E-state index in [1.54, 1.807) is 11.3 Å². The highest BCUT2D eigenvalue weighted by atomic mass is 79.9. The van der Waals surface area contributed by atoms with Crippen LogP contribution in [0.3, 0.4) is 0 Å². The lowest BCUT2D eigenvalue weighted by molar-refractivity contribution is 0.194. The zero-order valence-corrected chi connectivity index (χ0v) is 11.9. The number of oxime groups is 1. The predicted molar refractivity (Wildman–Crippen MR) is 73.4 cm³/mol. The molecule has 0 aliphatic carbocycles. The van der Waals surface area contributed by atoms with Crippen molar-refractivity contribution in [3.8, 4) is 0 Å². The van der Waals surface area contributed by atoms with Crippen LogP contribution in [0.25, 0.3) is 0 Å². The molecule has 0 bridgehead atoms. The molecule has 1 aromatic rings. The lowest BCUT2D eigenvalue weighted by atomic mass is 9.97. The minimum Gasteiger partial charge on any atom is -0.409 e. The zero-order valence-electron chi connectivity index (χ0n) is 9.47. The maximum atomic E-state index is 8.71. The first-order valence-electron chi connectivity index (χ1n) is 5.61. The maximum absolute atomic E-state index is 8.71. The number of rotatable bonds is 3. The number of thiophene rings is 1. The number of amidine groups is 1. The summed E-state index contributed by atoms with van der Waals surface area (Å²) in [7, 11) is 0. The van der Waals surface area contributed by atoms with Crippen LogP contribution in [-0.2, 0) is 6.54 Å². The summed E-state index contributed by atoms with van der Waals surface area (Å²) in [4.78, 5) is 3.71. The molecule has 17 heavy (non-hydrogen) atoms. The van der Waals surface area contributed by atoms with E-state index in [0.717, 1.165) is 36.9 Å². The van der Waals surface area contributed by atoms with Crippen molar-refractivity contribution in [3.63, 3.8) is 0 Å². The first-order chi connectivity index (χ1) is 8.19. The molecule has 2 rings (SSSR count). The summed E-state index contributed by atoms with van der Waals surface area (Å²) in [6.45, 7) is 2.92. The Bertz CT molecular complexity index is 407. The Morgan fingerprint density at radius 2 is 2.53 bits per heavy atom. The van der Waals surface area contributed by atoms with E-state index in [-0.39, 0.29) is 5.92 Å². The topological polar surface area (TPSA) is 61.9 Å². The number of piperidine rings is 1. The van der Waals surface area contributed by atoms with Gasteiger partial charge in [0, 0.05) is 33.7 Å². The van der Waals surface area contributed by atoms with E-state index in [0.29, 0.717) is 5.84 Å². The predicted octanol–water partition coefficient (Wildman–Crippen LogP) is 2.47. The van der Waals surface area contributed by atoms with Gasteiger partial charge in [-0.1, -0.05) is 5.16 Å².